The van der Waals surface area contributed by atoms with Gasteiger partial charge in [0.05, 0.1) is 4.90 Å². The maximum atomic E-state index is 13.0. The molecule has 0 radical (unpaired) electrons. The first kappa shape index (κ1) is 22.0. The summed E-state index contributed by atoms with van der Waals surface area (Å²) in [7, 11) is -3.63. The molecule has 1 aromatic heterocycles. The lowest BCUT2D eigenvalue weighted by Crippen LogP contribution is -2.51. The minimum atomic E-state index is -3.63. The van der Waals surface area contributed by atoms with E-state index in [0.29, 0.717) is 5.69 Å². The van der Waals surface area contributed by atoms with Crippen LogP contribution in [0.2, 0.25) is 0 Å². The number of sulfonamides is 1. The number of aromatic amines is 1. The molecule has 7 nitrogen and oxygen atoms in total. The van der Waals surface area contributed by atoms with E-state index in [9.17, 15) is 18.0 Å². The Morgan fingerprint density at radius 3 is 2.19 bits per heavy atom. The van der Waals surface area contributed by atoms with E-state index in [2.05, 4.69) is 4.98 Å². The number of amides is 1. The molecule has 1 fully saturated rings. The van der Waals surface area contributed by atoms with Crippen molar-refractivity contribution in [3.63, 3.8) is 0 Å². The van der Waals surface area contributed by atoms with Crippen LogP contribution in [0.15, 0.2) is 70.4 Å². The zero-order valence-electron chi connectivity index (χ0n) is 18.0. The van der Waals surface area contributed by atoms with Crippen molar-refractivity contribution in [2.24, 2.45) is 0 Å². The number of piperazine rings is 1. The summed E-state index contributed by atoms with van der Waals surface area (Å²) in [6.07, 6.45) is 0. The van der Waals surface area contributed by atoms with Crippen LogP contribution in [-0.4, -0.2) is 54.7 Å². The highest BCUT2D eigenvalue weighted by atomic mass is 32.2. The number of H-pyrrole nitrogens is 1. The van der Waals surface area contributed by atoms with Crippen LogP contribution in [0.5, 0.6) is 0 Å². The molecule has 166 valence electrons. The molecule has 2 heterocycles. The Labute approximate surface area is 187 Å². The van der Waals surface area contributed by atoms with Gasteiger partial charge in [-0.2, -0.15) is 4.31 Å². The monoisotopic (exact) mass is 451 g/mol. The van der Waals surface area contributed by atoms with Gasteiger partial charge < -0.3 is 9.88 Å². The predicted octanol–water partition coefficient (Wildman–Crippen LogP) is 2.81. The molecular weight excluding hydrogens is 426 g/mol. The molecule has 1 aliphatic rings. The van der Waals surface area contributed by atoms with Crippen LogP contribution >= 0.6 is 0 Å². The number of carbonyl (C=O) groups excluding carboxylic acids is 1. The number of benzene rings is 2. The highest BCUT2D eigenvalue weighted by Gasteiger charge is 2.31. The van der Waals surface area contributed by atoms with Gasteiger partial charge in [0.1, 0.15) is 5.56 Å². The second-order valence-electron chi connectivity index (χ2n) is 7.92. The Kier molecular flexibility index (Phi) is 5.99. The number of aromatic nitrogens is 1. The molecular formula is C24H25N3O4S. The van der Waals surface area contributed by atoms with Gasteiger partial charge in [-0.15, -0.1) is 0 Å². The number of hydrogen-bond donors (Lipinski definition) is 1. The minimum absolute atomic E-state index is 0.0511. The molecule has 3 aromatic rings. The van der Waals surface area contributed by atoms with Crippen molar-refractivity contribution in [3.05, 3.63) is 87.7 Å². The number of rotatable bonds is 4. The number of hydrogen-bond acceptors (Lipinski definition) is 4. The number of nitrogens with one attached hydrogen (secondary N) is 1. The zero-order chi connectivity index (χ0) is 22.9. The third kappa shape index (κ3) is 4.24. The van der Waals surface area contributed by atoms with Gasteiger partial charge in [0.25, 0.3) is 11.5 Å². The average molecular weight is 452 g/mol. The first-order valence-electron chi connectivity index (χ1n) is 10.4. The lowest BCUT2D eigenvalue weighted by atomic mass is 10.1. The smallest absolute Gasteiger partial charge is 0.261 e. The fourth-order valence-corrected chi connectivity index (χ4v) is 5.26. The molecule has 0 atom stereocenters. The van der Waals surface area contributed by atoms with Crippen LogP contribution in [0.25, 0.3) is 11.3 Å². The molecule has 0 aliphatic carbocycles. The Bertz CT molecular complexity index is 1310. The number of pyridine rings is 1. The summed E-state index contributed by atoms with van der Waals surface area (Å²) in [5.74, 6) is -0.394. The topological polar surface area (TPSA) is 90.6 Å². The van der Waals surface area contributed by atoms with E-state index in [4.69, 9.17) is 0 Å². The Hall–Kier alpha value is -3.23. The molecule has 1 amide bonds. The SMILES string of the molecule is Cc1ccc(S(=O)(=O)N2CCN(C(=O)c3ccc(-c4ccccc4)[nH]c3=O)CC2)cc1C. The Balaban J connectivity index is 1.47. The maximum absolute atomic E-state index is 13.0. The second kappa shape index (κ2) is 8.72. The highest BCUT2D eigenvalue weighted by Crippen LogP contribution is 2.21. The molecule has 1 aliphatic heterocycles. The Morgan fingerprint density at radius 1 is 0.875 bits per heavy atom. The van der Waals surface area contributed by atoms with Gasteiger partial charge in [0.15, 0.2) is 0 Å². The fraction of sp³-hybridized carbons (Fsp3) is 0.250. The largest absolute Gasteiger partial charge is 0.336 e. The summed E-state index contributed by atoms with van der Waals surface area (Å²) in [4.78, 5) is 30.0. The predicted molar refractivity (Wildman–Crippen MR) is 123 cm³/mol. The van der Waals surface area contributed by atoms with Crippen molar-refractivity contribution in [2.75, 3.05) is 26.2 Å². The molecule has 0 saturated carbocycles. The summed E-state index contributed by atoms with van der Waals surface area (Å²) < 4.78 is 27.4. The van der Waals surface area contributed by atoms with Crippen LogP contribution in [0.3, 0.4) is 0 Å². The summed E-state index contributed by atoms with van der Waals surface area (Å²) in [5, 5.41) is 0. The van der Waals surface area contributed by atoms with Crippen molar-refractivity contribution in [1.29, 1.82) is 0 Å². The van der Waals surface area contributed by atoms with E-state index in [1.54, 1.807) is 24.3 Å². The first-order valence-corrected chi connectivity index (χ1v) is 11.9. The Morgan fingerprint density at radius 2 is 1.56 bits per heavy atom. The molecule has 0 unspecified atom stereocenters. The van der Waals surface area contributed by atoms with Gasteiger partial charge in [0.2, 0.25) is 10.0 Å². The lowest BCUT2D eigenvalue weighted by molar-refractivity contribution is 0.0696. The number of aryl methyl sites for hydroxylation is 2. The first-order chi connectivity index (χ1) is 15.3. The van der Waals surface area contributed by atoms with Crippen LogP contribution in [-0.2, 0) is 10.0 Å². The van der Waals surface area contributed by atoms with E-state index < -0.39 is 21.5 Å². The van der Waals surface area contributed by atoms with Gasteiger partial charge in [-0.1, -0.05) is 36.4 Å². The third-order valence-electron chi connectivity index (χ3n) is 5.87. The fourth-order valence-electron chi connectivity index (χ4n) is 3.75. The van der Waals surface area contributed by atoms with Gasteiger partial charge in [-0.05, 0) is 54.8 Å². The van der Waals surface area contributed by atoms with Crippen molar-refractivity contribution < 1.29 is 13.2 Å². The second-order valence-corrected chi connectivity index (χ2v) is 9.86. The standard InChI is InChI=1S/C24H25N3O4S/c1-17-8-9-20(16-18(17)2)32(30,31)27-14-12-26(13-15-27)24(29)21-10-11-22(25-23(21)28)19-6-4-3-5-7-19/h3-11,16H,12-15H2,1-2H3,(H,25,28). The van der Waals surface area contributed by atoms with E-state index in [0.717, 1.165) is 16.7 Å². The molecule has 4 rings (SSSR count). The lowest BCUT2D eigenvalue weighted by Gasteiger charge is -2.34. The van der Waals surface area contributed by atoms with E-state index in [-0.39, 0.29) is 36.6 Å². The van der Waals surface area contributed by atoms with E-state index in [1.165, 1.54) is 15.3 Å². The molecule has 8 heteroatoms. The van der Waals surface area contributed by atoms with E-state index >= 15 is 0 Å². The van der Waals surface area contributed by atoms with Crippen LogP contribution in [0.1, 0.15) is 21.5 Å². The van der Waals surface area contributed by atoms with E-state index in [1.807, 2.05) is 44.2 Å². The number of carbonyl (C=O) groups is 1. The molecule has 1 saturated heterocycles. The van der Waals surface area contributed by atoms with Crippen molar-refractivity contribution in [2.45, 2.75) is 18.7 Å². The molecule has 1 N–H and O–H groups in total. The highest BCUT2D eigenvalue weighted by molar-refractivity contribution is 7.89. The average Bonchev–Trinajstić information content (AvgIpc) is 2.81. The van der Waals surface area contributed by atoms with Crippen LogP contribution < -0.4 is 5.56 Å². The summed E-state index contributed by atoms with van der Waals surface area (Å²) in [6.45, 7) is 4.63. The molecule has 0 bridgehead atoms. The van der Waals surface area contributed by atoms with Gasteiger partial charge in [0, 0.05) is 31.9 Å². The number of nitrogens with zero attached hydrogens (tertiary/aromatic N) is 2. The summed E-state index contributed by atoms with van der Waals surface area (Å²) in [5.41, 5.74) is 3.03. The van der Waals surface area contributed by atoms with Gasteiger partial charge in [-0.25, -0.2) is 8.42 Å². The zero-order valence-corrected chi connectivity index (χ0v) is 18.9. The van der Waals surface area contributed by atoms with Gasteiger partial charge >= 0.3 is 0 Å². The third-order valence-corrected chi connectivity index (χ3v) is 7.76. The summed E-state index contributed by atoms with van der Waals surface area (Å²) >= 11 is 0. The van der Waals surface area contributed by atoms with Crippen molar-refractivity contribution in [1.82, 2.24) is 14.2 Å². The molecule has 2 aromatic carbocycles. The van der Waals surface area contributed by atoms with Crippen LogP contribution in [0, 0.1) is 13.8 Å². The van der Waals surface area contributed by atoms with Gasteiger partial charge in [-0.3, -0.25) is 9.59 Å². The quantitative estimate of drug-likeness (QED) is 0.660. The van der Waals surface area contributed by atoms with Crippen molar-refractivity contribution >= 4 is 15.9 Å². The molecule has 0 spiro atoms. The maximum Gasteiger partial charge on any atom is 0.261 e. The normalized spacial score (nSPS) is 15.0. The summed E-state index contributed by atoms with van der Waals surface area (Å²) in [6, 6.07) is 17.7. The van der Waals surface area contributed by atoms with Crippen LogP contribution in [0.4, 0.5) is 0 Å². The van der Waals surface area contributed by atoms with Crippen molar-refractivity contribution in [3.8, 4) is 11.3 Å². The minimum Gasteiger partial charge on any atom is -0.336 e. The molecule has 32 heavy (non-hydrogen) atoms.